The number of fused-ring (bicyclic) bond motifs is 2. The highest BCUT2D eigenvalue weighted by Crippen LogP contribution is 2.33. The van der Waals surface area contributed by atoms with Gasteiger partial charge in [0.2, 0.25) is 5.91 Å². The predicted octanol–water partition coefficient (Wildman–Crippen LogP) is 2.99. The second kappa shape index (κ2) is 9.92. The molecule has 7 nitrogen and oxygen atoms in total. The van der Waals surface area contributed by atoms with E-state index in [1.807, 2.05) is 56.4 Å². The Bertz CT molecular complexity index is 1420. The van der Waals surface area contributed by atoms with Gasteiger partial charge in [-0.2, -0.15) is 9.61 Å². The van der Waals surface area contributed by atoms with Gasteiger partial charge in [-0.25, -0.2) is 4.98 Å². The van der Waals surface area contributed by atoms with Gasteiger partial charge in [-0.3, -0.25) is 9.59 Å². The van der Waals surface area contributed by atoms with E-state index in [1.165, 1.54) is 0 Å². The van der Waals surface area contributed by atoms with Crippen molar-refractivity contribution in [3.63, 3.8) is 0 Å². The van der Waals surface area contributed by atoms with E-state index in [-0.39, 0.29) is 24.0 Å². The van der Waals surface area contributed by atoms with Crippen molar-refractivity contribution in [2.75, 3.05) is 18.4 Å². The minimum Gasteiger partial charge on any atom is -0.370 e. The Morgan fingerprint density at radius 2 is 1.83 bits per heavy atom. The maximum atomic E-state index is 12.6. The molecule has 0 aliphatic heterocycles. The van der Waals surface area contributed by atoms with Gasteiger partial charge in [-0.15, -0.1) is 0 Å². The summed E-state index contributed by atoms with van der Waals surface area (Å²) in [6.45, 7) is 1.27. The van der Waals surface area contributed by atoms with E-state index in [9.17, 15) is 9.59 Å². The van der Waals surface area contributed by atoms with Crippen molar-refractivity contribution in [1.82, 2.24) is 19.9 Å². The molecule has 2 aromatic carbocycles. The largest absolute Gasteiger partial charge is 0.370 e. The molecule has 5 rings (SSSR count). The standard InChI is InChI=1S/C26H25BClN5O2/c27-20-15-31-33-24(14-22(32-25(20)33)18-9-3-4-10-21(18)28)29-11-5-6-12-30-26(35)19-13-23(34)17-8-2-1-7-16(17)19/h1-4,7-10,14-15,19,29H,5-6,11-13,27H2,(H,30,35). The Morgan fingerprint density at radius 1 is 1.09 bits per heavy atom. The van der Waals surface area contributed by atoms with Crippen LogP contribution in [0.4, 0.5) is 5.82 Å². The van der Waals surface area contributed by atoms with Crippen molar-refractivity contribution in [3.8, 4) is 11.3 Å². The van der Waals surface area contributed by atoms with Gasteiger partial charge in [0.15, 0.2) is 11.4 Å². The van der Waals surface area contributed by atoms with Gasteiger partial charge in [-0.05, 0) is 29.9 Å². The number of anilines is 1. The molecule has 1 atom stereocenters. The molecule has 1 amide bonds. The third-order valence-electron chi connectivity index (χ3n) is 6.35. The number of unbranched alkanes of at least 4 members (excludes halogenated alkanes) is 1. The second-order valence-corrected chi connectivity index (χ2v) is 9.17. The quantitative estimate of drug-likeness (QED) is 0.296. The average Bonchev–Trinajstić information content (AvgIpc) is 3.41. The van der Waals surface area contributed by atoms with E-state index in [4.69, 9.17) is 16.6 Å². The summed E-state index contributed by atoms with van der Waals surface area (Å²) in [4.78, 5) is 29.6. The number of Topliss-reactive ketones (excluding diaryl/α,β-unsaturated/α-hetero) is 1. The summed E-state index contributed by atoms with van der Waals surface area (Å²) >= 11 is 6.41. The van der Waals surface area contributed by atoms with Gasteiger partial charge in [0.1, 0.15) is 13.7 Å². The molecule has 2 heterocycles. The van der Waals surface area contributed by atoms with E-state index in [0.717, 1.165) is 46.6 Å². The van der Waals surface area contributed by atoms with E-state index in [1.54, 1.807) is 16.8 Å². The Morgan fingerprint density at radius 3 is 2.66 bits per heavy atom. The van der Waals surface area contributed by atoms with Crippen LogP contribution >= 0.6 is 11.6 Å². The summed E-state index contributed by atoms with van der Waals surface area (Å²) in [6.07, 6.45) is 3.71. The maximum Gasteiger partial charge on any atom is 0.228 e. The molecular weight excluding hydrogens is 461 g/mol. The van der Waals surface area contributed by atoms with Crippen LogP contribution in [0.1, 0.15) is 41.1 Å². The summed E-state index contributed by atoms with van der Waals surface area (Å²) < 4.78 is 1.80. The molecule has 4 aromatic rings. The van der Waals surface area contributed by atoms with Crippen molar-refractivity contribution in [2.24, 2.45) is 0 Å². The average molecular weight is 486 g/mol. The van der Waals surface area contributed by atoms with E-state index in [0.29, 0.717) is 23.7 Å². The van der Waals surface area contributed by atoms with Crippen LogP contribution in [0.25, 0.3) is 16.9 Å². The summed E-state index contributed by atoms with van der Waals surface area (Å²) in [7, 11) is 1.98. The number of nitrogens with one attached hydrogen (secondary N) is 2. The molecule has 0 spiro atoms. The van der Waals surface area contributed by atoms with Crippen LogP contribution in [0, 0.1) is 0 Å². The summed E-state index contributed by atoms with van der Waals surface area (Å²) in [5, 5.41) is 11.6. The van der Waals surface area contributed by atoms with Crippen LogP contribution < -0.4 is 16.1 Å². The number of hydrogen-bond donors (Lipinski definition) is 2. The maximum absolute atomic E-state index is 12.6. The lowest BCUT2D eigenvalue weighted by atomic mass is 10.0. The molecule has 0 bridgehead atoms. The van der Waals surface area contributed by atoms with Crippen molar-refractivity contribution in [3.05, 3.63) is 76.9 Å². The first-order valence-corrected chi connectivity index (χ1v) is 12.1. The highest BCUT2D eigenvalue weighted by molar-refractivity contribution is 6.36. The number of amides is 1. The fourth-order valence-electron chi connectivity index (χ4n) is 4.50. The zero-order valence-electron chi connectivity index (χ0n) is 19.4. The zero-order valence-corrected chi connectivity index (χ0v) is 20.2. The lowest BCUT2D eigenvalue weighted by molar-refractivity contribution is -0.122. The lowest BCUT2D eigenvalue weighted by Gasteiger charge is -2.13. The van der Waals surface area contributed by atoms with E-state index < -0.39 is 0 Å². The molecule has 176 valence electrons. The smallest absolute Gasteiger partial charge is 0.228 e. The summed E-state index contributed by atoms with van der Waals surface area (Å²) in [5.74, 6) is 0.415. The highest BCUT2D eigenvalue weighted by atomic mass is 35.5. The molecule has 0 fully saturated rings. The Kier molecular flexibility index (Phi) is 6.55. The number of halogens is 1. The first-order valence-electron chi connectivity index (χ1n) is 11.8. The molecule has 0 saturated heterocycles. The highest BCUT2D eigenvalue weighted by Gasteiger charge is 2.33. The zero-order chi connectivity index (χ0) is 24.4. The van der Waals surface area contributed by atoms with Crippen molar-refractivity contribution in [1.29, 1.82) is 0 Å². The molecule has 35 heavy (non-hydrogen) atoms. The van der Waals surface area contributed by atoms with Gasteiger partial charge in [0, 0.05) is 47.9 Å². The third-order valence-corrected chi connectivity index (χ3v) is 6.68. The lowest BCUT2D eigenvalue weighted by Crippen LogP contribution is -2.29. The number of nitrogens with zero attached hydrogens (tertiary/aromatic N) is 3. The summed E-state index contributed by atoms with van der Waals surface area (Å²) in [6, 6.07) is 17.0. The van der Waals surface area contributed by atoms with Crippen LogP contribution in [-0.4, -0.2) is 47.2 Å². The molecule has 9 heteroatoms. The number of rotatable bonds is 8. The molecular formula is C26H25BClN5O2. The van der Waals surface area contributed by atoms with Gasteiger partial charge < -0.3 is 10.6 Å². The van der Waals surface area contributed by atoms with Gasteiger partial charge in [-0.1, -0.05) is 54.1 Å². The van der Waals surface area contributed by atoms with Crippen LogP contribution in [0.15, 0.2) is 60.8 Å². The van der Waals surface area contributed by atoms with Crippen LogP contribution in [0.2, 0.25) is 5.02 Å². The number of benzene rings is 2. The van der Waals surface area contributed by atoms with Crippen LogP contribution in [0.5, 0.6) is 0 Å². The molecule has 2 N–H and O–H groups in total. The molecule has 0 radical (unpaired) electrons. The Labute approximate surface area is 209 Å². The third kappa shape index (κ3) is 4.66. The second-order valence-electron chi connectivity index (χ2n) is 8.76. The van der Waals surface area contributed by atoms with Crippen LogP contribution in [0.3, 0.4) is 0 Å². The first-order chi connectivity index (χ1) is 17.0. The van der Waals surface area contributed by atoms with Crippen molar-refractivity contribution < 1.29 is 9.59 Å². The number of hydrogen-bond acceptors (Lipinski definition) is 5. The molecule has 1 aliphatic rings. The minimum absolute atomic E-state index is 0.0404. The van der Waals surface area contributed by atoms with Gasteiger partial charge >= 0.3 is 0 Å². The van der Waals surface area contributed by atoms with Gasteiger partial charge in [0.05, 0.1) is 11.6 Å². The summed E-state index contributed by atoms with van der Waals surface area (Å²) in [5.41, 5.74) is 4.93. The fourth-order valence-corrected chi connectivity index (χ4v) is 4.73. The Hall–Kier alpha value is -3.65. The molecule has 0 saturated carbocycles. The van der Waals surface area contributed by atoms with Gasteiger partial charge in [0.25, 0.3) is 0 Å². The molecule has 1 unspecified atom stereocenters. The van der Waals surface area contributed by atoms with E-state index >= 15 is 0 Å². The number of carbonyl (C=O) groups is 2. The first kappa shape index (κ1) is 23.1. The predicted molar refractivity (Wildman–Crippen MR) is 140 cm³/mol. The van der Waals surface area contributed by atoms with Crippen LogP contribution in [-0.2, 0) is 4.79 Å². The normalized spacial score (nSPS) is 14.8. The number of carbonyl (C=O) groups excluding carboxylic acids is 2. The van der Waals surface area contributed by atoms with E-state index in [2.05, 4.69) is 15.7 Å². The SMILES string of the molecule is Bc1cnn2c(NCCCCNC(=O)C3CC(=O)c4ccccc43)cc(-c3ccccc3Cl)nc12. The fraction of sp³-hybridized carbons (Fsp3) is 0.231. The minimum atomic E-state index is -0.381. The molecule has 1 aliphatic carbocycles. The number of ketones is 1. The van der Waals surface area contributed by atoms with Crippen molar-refractivity contribution >= 4 is 48.1 Å². The topological polar surface area (TPSA) is 88.4 Å². The van der Waals surface area contributed by atoms with Crippen molar-refractivity contribution in [2.45, 2.75) is 25.2 Å². The monoisotopic (exact) mass is 485 g/mol. The Balaban J connectivity index is 1.18. The number of aromatic nitrogens is 3. The molecule has 2 aromatic heterocycles.